The van der Waals surface area contributed by atoms with Gasteiger partial charge in [0.05, 0.1) is 11.6 Å². The zero-order valence-corrected chi connectivity index (χ0v) is 10.1. The van der Waals surface area contributed by atoms with Gasteiger partial charge in [0, 0.05) is 11.5 Å². The molecule has 0 unspecified atom stereocenters. The van der Waals surface area contributed by atoms with E-state index in [2.05, 4.69) is 9.97 Å². The van der Waals surface area contributed by atoms with Crippen LogP contribution in [0.15, 0.2) is 45.6 Å². The summed E-state index contributed by atoms with van der Waals surface area (Å²) < 4.78 is 5.63. The second kappa shape index (κ2) is 4.31. The summed E-state index contributed by atoms with van der Waals surface area (Å²) in [6.07, 6.45) is 0. The third-order valence-electron chi connectivity index (χ3n) is 2.59. The molecule has 3 rings (SSSR count). The van der Waals surface area contributed by atoms with Gasteiger partial charge in [-0.05, 0) is 12.1 Å². The summed E-state index contributed by atoms with van der Waals surface area (Å²) >= 11 is 5.69. The van der Waals surface area contributed by atoms with Crippen LogP contribution in [0.2, 0.25) is 0 Å². The number of nitrogens with zero attached hydrogens (tertiary/aromatic N) is 1. The van der Waals surface area contributed by atoms with Crippen LogP contribution in [0.1, 0.15) is 5.69 Å². The van der Waals surface area contributed by atoms with Crippen LogP contribution in [0.25, 0.3) is 22.6 Å². The van der Waals surface area contributed by atoms with Crippen molar-refractivity contribution in [2.75, 3.05) is 0 Å². The van der Waals surface area contributed by atoms with Gasteiger partial charge in [0.25, 0.3) is 5.56 Å². The van der Waals surface area contributed by atoms with Gasteiger partial charge in [0.1, 0.15) is 5.58 Å². The first-order chi connectivity index (χ1) is 8.76. The molecule has 0 saturated carbocycles. The highest BCUT2D eigenvalue weighted by Crippen LogP contribution is 2.24. The average Bonchev–Trinajstić information content (AvgIpc) is 2.81. The van der Waals surface area contributed by atoms with E-state index < -0.39 is 0 Å². The Hall–Kier alpha value is -2.07. The van der Waals surface area contributed by atoms with Crippen LogP contribution >= 0.6 is 11.6 Å². The summed E-state index contributed by atoms with van der Waals surface area (Å²) in [5.74, 6) is 1.12. The van der Waals surface area contributed by atoms with Crippen LogP contribution in [0, 0.1) is 0 Å². The maximum atomic E-state index is 11.5. The summed E-state index contributed by atoms with van der Waals surface area (Å²) in [6.45, 7) is 0. The zero-order chi connectivity index (χ0) is 12.5. The molecule has 0 fully saturated rings. The van der Waals surface area contributed by atoms with Crippen LogP contribution in [0.3, 0.4) is 0 Å². The highest BCUT2D eigenvalue weighted by atomic mass is 35.5. The number of aromatic nitrogens is 2. The Kier molecular flexibility index (Phi) is 2.64. The molecule has 0 bridgehead atoms. The fraction of sp³-hybridized carbons (Fsp3) is 0.0769. The second-order valence-corrected chi connectivity index (χ2v) is 4.13. The SMILES string of the molecule is O=c1cc(CCl)nc(-c2cc3ccccc3o2)[nH]1. The number of furan rings is 1. The number of fused-ring (bicyclic) bond motifs is 1. The van der Waals surface area contributed by atoms with Gasteiger partial charge in [-0.2, -0.15) is 0 Å². The monoisotopic (exact) mass is 260 g/mol. The van der Waals surface area contributed by atoms with Crippen LogP contribution in [-0.4, -0.2) is 9.97 Å². The van der Waals surface area contributed by atoms with Crippen molar-refractivity contribution >= 4 is 22.6 Å². The smallest absolute Gasteiger partial charge is 0.251 e. The fourth-order valence-electron chi connectivity index (χ4n) is 1.79. The van der Waals surface area contributed by atoms with Crippen molar-refractivity contribution in [3.8, 4) is 11.6 Å². The number of benzene rings is 1. The number of hydrogen-bond donors (Lipinski definition) is 1. The third-order valence-corrected chi connectivity index (χ3v) is 2.86. The van der Waals surface area contributed by atoms with E-state index in [0.717, 1.165) is 11.0 Å². The van der Waals surface area contributed by atoms with Crippen LogP contribution in [-0.2, 0) is 5.88 Å². The minimum absolute atomic E-state index is 0.192. The number of aromatic amines is 1. The maximum absolute atomic E-state index is 11.5. The van der Waals surface area contributed by atoms with E-state index in [1.165, 1.54) is 6.07 Å². The molecule has 0 radical (unpaired) electrons. The van der Waals surface area contributed by atoms with Gasteiger partial charge in [-0.3, -0.25) is 4.79 Å². The van der Waals surface area contributed by atoms with E-state index in [-0.39, 0.29) is 11.4 Å². The van der Waals surface area contributed by atoms with Crippen molar-refractivity contribution in [2.24, 2.45) is 0 Å². The summed E-state index contributed by atoms with van der Waals surface area (Å²) in [4.78, 5) is 18.3. The highest BCUT2D eigenvalue weighted by molar-refractivity contribution is 6.16. The number of hydrogen-bond acceptors (Lipinski definition) is 3. The highest BCUT2D eigenvalue weighted by Gasteiger charge is 2.09. The predicted molar refractivity (Wildman–Crippen MR) is 69.6 cm³/mol. The molecule has 0 spiro atoms. The van der Waals surface area contributed by atoms with Crippen molar-refractivity contribution in [3.05, 3.63) is 52.4 Å². The molecule has 0 amide bonds. The minimum atomic E-state index is -0.240. The lowest BCUT2D eigenvalue weighted by Crippen LogP contribution is -2.09. The Balaban J connectivity index is 2.19. The van der Waals surface area contributed by atoms with Gasteiger partial charge in [0.15, 0.2) is 11.6 Å². The number of alkyl halides is 1. The van der Waals surface area contributed by atoms with E-state index in [1.807, 2.05) is 30.3 Å². The van der Waals surface area contributed by atoms with E-state index >= 15 is 0 Å². The zero-order valence-electron chi connectivity index (χ0n) is 9.31. The molecule has 18 heavy (non-hydrogen) atoms. The molecule has 4 nitrogen and oxygen atoms in total. The van der Waals surface area contributed by atoms with Gasteiger partial charge in [0.2, 0.25) is 0 Å². The standard InChI is InChI=1S/C13H9ClN2O2/c14-7-9-6-12(17)16-13(15-9)11-5-8-3-1-2-4-10(8)18-11/h1-6H,7H2,(H,15,16,17). The summed E-state index contributed by atoms with van der Waals surface area (Å²) in [7, 11) is 0. The molecule has 1 N–H and O–H groups in total. The van der Waals surface area contributed by atoms with Gasteiger partial charge < -0.3 is 9.40 Å². The third kappa shape index (κ3) is 1.91. The first kappa shape index (κ1) is 11.0. The molecule has 2 heterocycles. The minimum Gasteiger partial charge on any atom is -0.453 e. The molecule has 0 aliphatic heterocycles. The van der Waals surface area contributed by atoms with E-state index in [1.54, 1.807) is 0 Å². The van der Waals surface area contributed by atoms with Crippen LogP contribution < -0.4 is 5.56 Å². The quantitative estimate of drug-likeness (QED) is 0.721. The molecular weight excluding hydrogens is 252 g/mol. The topological polar surface area (TPSA) is 58.9 Å². The van der Waals surface area contributed by atoms with Crippen LogP contribution in [0.4, 0.5) is 0 Å². The fourth-order valence-corrected chi connectivity index (χ4v) is 1.93. The molecular formula is C13H9ClN2O2. The van der Waals surface area contributed by atoms with E-state index in [4.69, 9.17) is 16.0 Å². The lowest BCUT2D eigenvalue weighted by molar-refractivity contribution is 0.624. The van der Waals surface area contributed by atoms with Crippen LogP contribution in [0.5, 0.6) is 0 Å². The van der Waals surface area contributed by atoms with Gasteiger partial charge >= 0.3 is 0 Å². The Bertz CT molecular complexity index is 728. The Labute approximate surface area is 107 Å². The largest absolute Gasteiger partial charge is 0.453 e. The lowest BCUT2D eigenvalue weighted by Gasteiger charge is -1.98. The number of nitrogens with one attached hydrogen (secondary N) is 1. The second-order valence-electron chi connectivity index (χ2n) is 3.87. The number of halogens is 1. The van der Waals surface area contributed by atoms with Crippen molar-refractivity contribution in [1.82, 2.24) is 9.97 Å². The molecule has 5 heteroatoms. The molecule has 0 saturated heterocycles. The molecule has 0 aliphatic rings. The predicted octanol–water partition coefficient (Wildman–Crippen LogP) is 2.92. The molecule has 2 aromatic heterocycles. The lowest BCUT2D eigenvalue weighted by atomic mass is 10.2. The Morgan fingerprint density at radius 3 is 2.89 bits per heavy atom. The van der Waals surface area contributed by atoms with E-state index in [9.17, 15) is 4.79 Å². The Morgan fingerprint density at radius 2 is 2.11 bits per heavy atom. The molecule has 90 valence electrons. The maximum Gasteiger partial charge on any atom is 0.251 e. The van der Waals surface area contributed by atoms with E-state index in [0.29, 0.717) is 17.3 Å². The number of rotatable bonds is 2. The normalized spacial score (nSPS) is 10.9. The average molecular weight is 261 g/mol. The molecule has 3 aromatic rings. The summed E-state index contributed by atoms with van der Waals surface area (Å²) in [5.41, 5.74) is 1.04. The Morgan fingerprint density at radius 1 is 1.28 bits per heavy atom. The first-order valence-corrected chi connectivity index (χ1v) is 5.95. The molecule has 0 aliphatic carbocycles. The van der Waals surface area contributed by atoms with Gasteiger partial charge in [-0.15, -0.1) is 11.6 Å². The van der Waals surface area contributed by atoms with Crippen molar-refractivity contribution in [1.29, 1.82) is 0 Å². The van der Waals surface area contributed by atoms with Gasteiger partial charge in [-0.25, -0.2) is 4.98 Å². The first-order valence-electron chi connectivity index (χ1n) is 5.41. The summed E-state index contributed by atoms with van der Waals surface area (Å²) in [6, 6.07) is 10.8. The molecule has 0 atom stereocenters. The van der Waals surface area contributed by atoms with Crippen molar-refractivity contribution in [2.45, 2.75) is 5.88 Å². The van der Waals surface area contributed by atoms with Crippen molar-refractivity contribution < 1.29 is 4.42 Å². The van der Waals surface area contributed by atoms with Gasteiger partial charge in [-0.1, -0.05) is 18.2 Å². The summed E-state index contributed by atoms with van der Waals surface area (Å²) in [5, 5.41) is 0.964. The number of H-pyrrole nitrogens is 1. The number of para-hydroxylation sites is 1. The van der Waals surface area contributed by atoms with Crippen molar-refractivity contribution in [3.63, 3.8) is 0 Å². The molecule has 1 aromatic carbocycles.